The number of hydrogen-bond donors (Lipinski definition) is 1. The second kappa shape index (κ2) is 7.98. The summed E-state index contributed by atoms with van der Waals surface area (Å²) >= 11 is 0. The molecule has 0 unspecified atom stereocenters. The Morgan fingerprint density at radius 3 is 2.13 bits per heavy atom. The van der Waals surface area contributed by atoms with E-state index in [1.807, 2.05) is 6.92 Å². The first-order valence-electron chi connectivity index (χ1n) is 7.41. The maximum absolute atomic E-state index is 12.1. The molecule has 120 valence electrons. The average Bonchev–Trinajstić information content (AvgIpc) is 2.54. The van der Waals surface area contributed by atoms with Crippen molar-refractivity contribution in [1.82, 2.24) is 0 Å². The van der Waals surface area contributed by atoms with Crippen molar-refractivity contribution in [1.29, 1.82) is 0 Å². The van der Waals surface area contributed by atoms with Crippen molar-refractivity contribution in [2.75, 3.05) is 11.9 Å². The van der Waals surface area contributed by atoms with Gasteiger partial charge in [0.15, 0.2) is 0 Å². The van der Waals surface area contributed by atoms with Crippen molar-refractivity contribution in [3.05, 3.63) is 54.1 Å². The van der Waals surface area contributed by atoms with Crippen molar-refractivity contribution in [2.45, 2.75) is 20.3 Å². The highest BCUT2D eigenvalue weighted by Gasteiger charge is 2.09. The fourth-order valence-corrected chi connectivity index (χ4v) is 1.88. The molecule has 0 fully saturated rings. The van der Waals surface area contributed by atoms with Gasteiger partial charge >= 0.3 is 5.97 Å². The maximum Gasteiger partial charge on any atom is 0.343 e. The number of rotatable bonds is 6. The third-order valence-electron chi connectivity index (χ3n) is 2.95. The number of benzene rings is 2. The maximum atomic E-state index is 12.1. The standard InChI is InChI=1S/C18H19NO4/c1-3-12-22-16-8-4-14(5-9-16)18(21)23-17-10-6-15(7-11-17)19-13(2)20/h4-11H,3,12H2,1-2H3,(H,19,20). The van der Waals surface area contributed by atoms with Gasteiger partial charge in [0.25, 0.3) is 0 Å². The molecule has 0 aliphatic heterocycles. The quantitative estimate of drug-likeness (QED) is 0.653. The molecule has 0 spiro atoms. The Morgan fingerprint density at radius 1 is 0.957 bits per heavy atom. The number of ether oxygens (including phenoxy) is 2. The molecule has 0 aromatic heterocycles. The smallest absolute Gasteiger partial charge is 0.343 e. The number of carbonyl (C=O) groups excluding carboxylic acids is 2. The monoisotopic (exact) mass is 313 g/mol. The summed E-state index contributed by atoms with van der Waals surface area (Å²) in [6.07, 6.45) is 0.929. The molecule has 1 amide bonds. The summed E-state index contributed by atoms with van der Waals surface area (Å²) in [5.41, 5.74) is 1.09. The molecule has 0 saturated carbocycles. The molecule has 0 bridgehead atoms. The van der Waals surface area contributed by atoms with Crippen LogP contribution in [0.3, 0.4) is 0 Å². The molecule has 5 nitrogen and oxygen atoms in total. The number of amides is 1. The van der Waals surface area contributed by atoms with Gasteiger partial charge in [-0.25, -0.2) is 4.79 Å². The van der Waals surface area contributed by atoms with E-state index in [4.69, 9.17) is 9.47 Å². The Labute approximate surface area is 135 Å². The van der Waals surface area contributed by atoms with Crippen LogP contribution in [0.25, 0.3) is 0 Å². The predicted molar refractivity (Wildman–Crippen MR) is 87.9 cm³/mol. The molecule has 0 heterocycles. The van der Waals surface area contributed by atoms with Gasteiger partial charge in [-0.2, -0.15) is 0 Å². The van der Waals surface area contributed by atoms with Crippen LogP contribution in [0.1, 0.15) is 30.6 Å². The number of anilines is 1. The minimum absolute atomic E-state index is 0.153. The molecule has 0 atom stereocenters. The number of carbonyl (C=O) groups is 2. The van der Waals surface area contributed by atoms with Gasteiger partial charge in [-0.3, -0.25) is 4.79 Å². The van der Waals surface area contributed by atoms with Crippen LogP contribution in [0.4, 0.5) is 5.69 Å². The molecule has 2 rings (SSSR count). The molecule has 1 N–H and O–H groups in total. The third kappa shape index (κ3) is 5.14. The summed E-state index contributed by atoms with van der Waals surface area (Å²) in [6.45, 7) is 4.11. The van der Waals surface area contributed by atoms with Crippen LogP contribution in [-0.2, 0) is 4.79 Å². The van der Waals surface area contributed by atoms with Gasteiger partial charge in [-0.15, -0.1) is 0 Å². The first-order chi connectivity index (χ1) is 11.1. The van der Waals surface area contributed by atoms with E-state index in [0.29, 0.717) is 23.6 Å². The molecule has 0 aliphatic rings. The van der Waals surface area contributed by atoms with Crippen molar-refractivity contribution < 1.29 is 19.1 Å². The lowest BCUT2D eigenvalue weighted by atomic mass is 10.2. The third-order valence-corrected chi connectivity index (χ3v) is 2.95. The fraction of sp³-hybridized carbons (Fsp3) is 0.222. The Morgan fingerprint density at radius 2 is 1.57 bits per heavy atom. The van der Waals surface area contributed by atoms with Crippen molar-refractivity contribution in [3.63, 3.8) is 0 Å². The van der Waals surface area contributed by atoms with E-state index in [-0.39, 0.29) is 5.91 Å². The van der Waals surface area contributed by atoms with E-state index in [1.165, 1.54) is 6.92 Å². The van der Waals surface area contributed by atoms with E-state index in [1.54, 1.807) is 48.5 Å². The van der Waals surface area contributed by atoms with Gasteiger partial charge in [0.1, 0.15) is 11.5 Å². The summed E-state index contributed by atoms with van der Waals surface area (Å²) < 4.78 is 10.8. The molecule has 0 aliphatic carbocycles. The molecule has 0 saturated heterocycles. The lowest BCUT2D eigenvalue weighted by Gasteiger charge is -2.07. The first kappa shape index (κ1) is 16.5. The van der Waals surface area contributed by atoms with Crippen molar-refractivity contribution in [2.24, 2.45) is 0 Å². The van der Waals surface area contributed by atoms with Gasteiger partial charge in [0.2, 0.25) is 5.91 Å². The summed E-state index contributed by atoms with van der Waals surface area (Å²) in [4.78, 5) is 23.0. The Hall–Kier alpha value is -2.82. The second-order valence-electron chi connectivity index (χ2n) is 4.97. The van der Waals surface area contributed by atoms with Crippen LogP contribution in [-0.4, -0.2) is 18.5 Å². The van der Waals surface area contributed by atoms with Crippen LogP contribution in [0.5, 0.6) is 11.5 Å². The lowest BCUT2D eigenvalue weighted by Crippen LogP contribution is -2.09. The normalized spacial score (nSPS) is 10.0. The van der Waals surface area contributed by atoms with Gasteiger partial charge in [0, 0.05) is 12.6 Å². The minimum Gasteiger partial charge on any atom is -0.494 e. The van der Waals surface area contributed by atoms with Crippen LogP contribution in [0.2, 0.25) is 0 Å². The number of hydrogen-bond acceptors (Lipinski definition) is 4. The van der Waals surface area contributed by atoms with Gasteiger partial charge in [-0.1, -0.05) is 6.92 Å². The summed E-state index contributed by atoms with van der Waals surface area (Å²) in [7, 11) is 0. The van der Waals surface area contributed by atoms with Crippen LogP contribution >= 0.6 is 0 Å². The van der Waals surface area contributed by atoms with Crippen LogP contribution < -0.4 is 14.8 Å². The van der Waals surface area contributed by atoms with Crippen molar-refractivity contribution in [3.8, 4) is 11.5 Å². The van der Waals surface area contributed by atoms with Crippen LogP contribution in [0, 0.1) is 0 Å². The van der Waals surface area contributed by atoms with Gasteiger partial charge < -0.3 is 14.8 Å². The second-order valence-corrected chi connectivity index (χ2v) is 4.97. The van der Waals surface area contributed by atoms with E-state index >= 15 is 0 Å². The Balaban J connectivity index is 1.96. The summed E-state index contributed by atoms with van der Waals surface area (Å²) in [6, 6.07) is 13.4. The Bertz CT molecular complexity index is 662. The molecule has 2 aromatic rings. The van der Waals surface area contributed by atoms with E-state index in [9.17, 15) is 9.59 Å². The molecule has 23 heavy (non-hydrogen) atoms. The largest absolute Gasteiger partial charge is 0.494 e. The van der Waals surface area contributed by atoms with E-state index < -0.39 is 5.97 Å². The zero-order valence-electron chi connectivity index (χ0n) is 13.2. The van der Waals surface area contributed by atoms with Gasteiger partial charge in [0.05, 0.1) is 12.2 Å². The summed E-state index contributed by atoms with van der Waals surface area (Å²) in [5.74, 6) is 0.540. The zero-order chi connectivity index (χ0) is 16.7. The Kier molecular flexibility index (Phi) is 5.74. The van der Waals surface area contributed by atoms with E-state index in [0.717, 1.165) is 12.2 Å². The fourth-order valence-electron chi connectivity index (χ4n) is 1.88. The molecular formula is C18H19NO4. The van der Waals surface area contributed by atoms with E-state index in [2.05, 4.69) is 5.32 Å². The number of nitrogens with one attached hydrogen (secondary N) is 1. The number of esters is 1. The first-order valence-corrected chi connectivity index (χ1v) is 7.41. The highest BCUT2D eigenvalue weighted by molar-refractivity contribution is 5.91. The predicted octanol–water partition coefficient (Wildman–Crippen LogP) is 3.65. The minimum atomic E-state index is -0.445. The molecular weight excluding hydrogens is 294 g/mol. The molecule has 2 aromatic carbocycles. The SMILES string of the molecule is CCCOc1ccc(C(=O)Oc2ccc(NC(C)=O)cc2)cc1. The summed E-state index contributed by atoms with van der Waals surface area (Å²) in [5, 5.41) is 2.65. The molecule has 5 heteroatoms. The average molecular weight is 313 g/mol. The van der Waals surface area contributed by atoms with Crippen LogP contribution in [0.15, 0.2) is 48.5 Å². The highest BCUT2D eigenvalue weighted by atomic mass is 16.5. The topological polar surface area (TPSA) is 64.6 Å². The lowest BCUT2D eigenvalue weighted by molar-refractivity contribution is -0.114. The molecule has 0 radical (unpaired) electrons. The highest BCUT2D eigenvalue weighted by Crippen LogP contribution is 2.18. The van der Waals surface area contributed by atoms with Gasteiger partial charge in [-0.05, 0) is 55.0 Å². The van der Waals surface area contributed by atoms with Crippen molar-refractivity contribution >= 4 is 17.6 Å². The zero-order valence-corrected chi connectivity index (χ0v) is 13.2.